The van der Waals surface area contributed by atoms with Gasteiger partial charge in [-0.3, -0.25) is 14.6 Å². The number of carbonyl (C=O) groups is 1. The molecule has 1 heterocycles. The van der Waals surface area contributed by atoms with Crippen molar-refractivity contribution in [2.75, 3.05) is 39.4 Å². The molecular formula is C17H27N3O2. The molecule has 2 rings (SSSR count). The van der Waals surface area contributed by atoms with Gasteiger partial charge in [0.05, 0.1) is 6.61 Å². The molecule has 0 unspecified atom stereocenters. The van der Waals surface area contributed by atoms with Crippen molar-refractivity contribution in [3.63, 3.8) is 0 Å². The molecule has 0 saturated carbocycles. The summed E-state index contributed by atoms with van der Waals surface area (Å²) in [5.41, 5.74) is 7.06. The van der Waals surface area contributed by atoms with E-state index in [9.17, 15) is 4.79 Å². The van der Waals surface area contributed by atoms with E-state index in [1.807, 2.05) is 19.1 Å². The standard InChI is InChI=1S/C17H27N3O2/c1-3-22-11-10-20-9-8-19(12-14(20)2)13-15-4-6-16(7-5-15)17(18)21/h4-7,14H,3,8-13H2,1-2H3,(H2,18,21)/t14-/m0/s1. The Bertz CT molecular complexity index is 475. The number of primary amides is 1. The Labute approximate surface area is 133 Å². The van der Waals surface area contributed by atoms with Gasteiger partial charge in [0, 0.05) is 50.9 Å². The number of hydrogen-bond acceptors (Lipinski definition) is 4. The monoisotopic (exact) mass is 305 g/mol. The highest BCUT2D eigenvalue weighted by atomic mass is 16.5. The molecule has 22 heavy (non-hydrogen) atoms. The lowest BCUT2D eigenvalue weighted by Crippen LogP contribution is -2.52. The second kappa shape index (κ2) is 8.27. The van der Waals surface area contributed by atoms with Crippen LogP contribution in [0.3, 0.4) is 0 Å². The van der Waals surface area contributed by atoms with E-state index in [0.717, 1.165) is 45.9 Å². The molecule has 0 bridgehead atoms. The Morgan fingerprint density at radius 3 is 2.64 bits per heavy atom. The first kappa shape index (κ1) is 16.9. The van der Waals surface area contributed by atoms with Gasteiger partial charge in [0.1, 0.15) is 0 Å². The van der Waals surface area contributed by atoms with E-state index in [2.05, 4.69) is 16.7 Å². The van der Waals surface area contributed by atoms with Crippen LogP contribution in [0.2, 0.25) is 0 Å². The van der Waals surface area contributed by atoms with Gasteiger partial charge in [-0.1, -0.05) is 12.1 Å². The molecule has 1 aliphatic rings. The molecule has 1 amide bonds. The van der Waals surface area contributed by atoms with E-state index >= 15 is 0 Å². The van der Waals surface area contributed by atoms with Gasteiger partial charge in [0.25, 0.3) is 0 Å². The molecule has 1 fully saturated rings. The van der Waals surface area contributed by atoms with Crippen molar-refractivity contribution in [1.29, 1.82) is 0 Å². The van der Waals surface area contributed by atoms with E-state index < -0.39 is 0 Å². The second-order valence-corrected chi connectivity index (χ2v) is 5.88. The molecule has 5 nitrogen and oxygen atoms in total. The number of ether oxygens (including phenoxy) is 1. The molecule has 5 heteroatoms. The number of nitrogens with two attached hydrogens (primary N) is 1. The van der Waals surface area contributed by atoms with E-state index in [1.54, 1.807) is 12.1 Å². The summed E-state index contributed by atoms with van der Waals surface area (Å²) < 4.78 is 5.44. The molecule has 0 aromatic heterocycles. The lowest BCUT2D eigenvalue weighted by Gasteiger charge is -2.39. The summed E-state index contributed by atoms with van der Waals surface area (Å²) in [4.78, 5) is 16.0. The molecule has 1 aromatic rings. The van der Waals surface area contributed by atoms with Crippen LogP contribution in [0.25, 0.3) is 0 Å². The van der Waals surface area contributed by atoms with Crippen LogP contribution in [-0.4, -0.2) is 61.1 Å². The zero-order valence-electron chi connectivity index (χ0n) is 13.6. The van der Waals surface area contributed by atoms with Gasteiger partial charge in [-0.05, 0) is 31.5 Å². The summed E-state index contributed by atoms with van der Waals surface area (Å²) >= 11 is 0. The van der Waals surface area contributed by atoms with Crippen molar-refractivity contribution < 1.29 is 9.53 Å². The normalized spacial score (nSPS) is 20.2. The maximum Gasteiger partial charge on any atom is 0.248 e. The molecule has 122 valence electrons. The molecular weight excluding hydrogens is 278 g/mol. The van der Waals surface area contributed by atoms with Crippen LogP contribution in [0.5, 0.6) is 0 Å². The Kier molecular flexibility index (Phi) is 6.36. The molecule has 0 radical (unpaired) electrons. The maximum absolute atomic E-state index is 11.1. The highest BCUT2D eigenvalue weighted by Gasteiger charge is 2.23. The predicted octanol–water partition coefficient (Wildman–Crippen LogP) is 1.33. The van der Waals surface area contributed by atoms with Gasteiger partial charge in [0.2, 0.25) is 5.91 Å². The fourth-order valence-corrected chi connectivity index (χ4v) is 2.91. The molecule has 0 spiro atoms. The van der Waals surface area contributed by atoms with E-state index in [4.69, 9.17) is 10.5 Å². The average molecular weight is 305 g/mol. The van der Waals surface area contributed by atoms with E-state index in [0.29, 0.717) is 11.6 Å². The fraction of sp³-hybridized carbons (Fsp3) is 0.588. The minimum absolute atomic E-state index is 0.372. The second-order valence-electron chi connectivity index (χ2n) is 5.88. The van der Waals surface area contributed by atoms with Gasteiger partial charge in [-0.15, -0.1) is 0 Å². The summed E-state index contributed by atoms with van der Waals surface area (Å²) in [5, 5.41) is 0. The van der Waals surface area contributed by atoms with Gasteiger partial charge < -0.3 is 10.5 Å². The van der Waals surface area contributed by atoms with Crippen molar-refractivity contribution in [2.24, 2.45) is 5.73 Å². The number of benzene rings is 1. The summed E-state index contributed by atoms with van der Waals surface area (Å²) in [7, 11) is 0. The fourth-order valence-electron chi connectivity index (χ4n) is 2.91. The Balaban J connectivity index is 1.81. The average Bonchev–Trinajstić information content (AvgIpc) is 2.50. The summed E-state index contributed by atoms with van der Waals surface area (Å²) in [6.45, 7) is 11.0. The van der Waals surface area contributed by atoms with Crippen LogP contribution >= 0.6 is 0 Å². The first-order valence-electron chi connectivity index (χ1n) is 8.03. The number of amides is 1. The Morgan fingerprint density at radius 1 is 1.32 bits per heavy atom. The molecule has 1 saturated heterocycles. The van der Waals surface area contributed by atoms with Crippen molar-refractivity contribution in [3.05, 3.63) is 35.4 Å². The maximum atomic E-state index is 11.1. The first-order chi connectivity index (χ1) is 10.6. The van der Waals surface area contributed by atoms with Crippen LogP contribution in [0.15, 0.2) is 24.3 Å². The van der Waals surface area contributed by atoms with Crippen LogP contribution in [-0.2, 0) is 11.3 Å². The highest BCUT2D eigenvalue weighted by Crippen LogP contribution is 2.13. The first-order valence-corrected chi connectivity index (χ1v) is 8.03. The zero-order valence-corrected chi connectivity index (χ0v) is 13.6. The molecule has 1 aliphatic heterocycles. The molecule has 2 N–H and O–H groups in total. The number of piperazine rings is 1. The minimum atomic E-state index is -0.372. The molecule has 0 aliphatic carbocycles. The van der Waals surface area contributed by atoms with Gasteiger partial charge in [0.15, 0.2) is 0 Å². The predicted molar refractivity (Wildman–Crippen MR) is 87.8 cm³/mol. The summed E-state index contributed by atoms with van der Waals surface area (Å²) in [6, 6.07) is 8.14. The van der Waals surface area contributed by atoms with Crippen molar-refractivity contribution in [3.8, 4) is 0 Å². The molecule has 1 aromatic carbocycles. The Hall–Kier alpha value is -1.43. The quantitative estimate of drug-likeness (QED) is 0.772. The van der Waals surface area contributed by atoms with Crippen molar-refractivity contribution in [1.82, 2.24) is 9.80 Å². The minimum Gasteiger partial charge on any atom is -0.380 e. The van der Waals surface area contributed by atoms with Crippen molar-refractivity contribution in [2.45, 2.75) is 26.4 Å². The van der Waals surface area contributed by atoms with E-state index in [1.165, 1.54) is 5.56 Å². The summed E-state index contributed by atoms with van der Waals surface area (Å²) in [6.07, 6.45) is 0. The lowest BCUT2D eigenvalue weighted by molar-refractivity contribution is 0.0466. The van der Waals surface area contributed by atoms with E-state index in [-0.39, 0.29) is 5.91 Å². The smallest absolute Gasteiger partial charge is 0.248 e. The third kappa shape index (κ3) is 4.80. The highest BCUT2D eigenvalue weighted by molar-refractivity contribution is 5.92. The number of rotatable bonds is 7. The topological polar surface area (TPSA) is 58.8 Å². The van der Waals surface area contributed by atoms with Crippen LogP contribution in [0, 0.1) is 0 Å². The third-order valence-electron chi connectivity index (χ3n) is 4.22. The van der Waals surface area contributed by atoms with Gasteiger partial charge in [-0.25, -0.2) is 0 Å². The number of hydrogen-bond donors (Lipinski definition) is 1. The van der Waals surface area contributed by atoms with Crippen molar-refractivity contribution >= 4 is 5.91 Å². The van der Waals surface area contributed by atoms with Gasteiger partial charge >= 0.3 is 0 Å². The largest absolute Gasteiger partial charge is 0.380 e. The van der Waals surface area contributed by atoms with Gasteiger partial charge in [-0.2, -0.15) is 0 Å². The third-order valence-corrected chi connectivity index (χ3v) is 4.22. The number of nitrogens with zero attached hydrogens (tertiary/aromatic N) is 2. The SMILES string of the molecule is CCOCCN1CCN(Cc2ccc(C(N)=O)cc2)C[C@@H]1C. The Morgan fingerprint density at radius 2 is 2.05 bits per heavy atom. The number of carbonyl (C=O) groups excluding carboxylic acids is 1. The van der Waals surface area contributed by atoms with Crippen LogP contribution < -0.4 is 5.73 Å². The lowest BCUT2D eigenvalue weighted by atomic mass is 10.1. The van der Waals surface area contributed by atoms with Crippen LogP contribution in [0.1, 0.15) is 29.8 Å². The molecule has 1 atom stereocenters. The zero-order chi connectivity index (χ0) is 15.9. The summed E-state index contributed by atoms with van der Waals surface area (Å²) in [5.74, 6) is -0.372. The van der Waals surface area contributed by atoms with Crippen LogP contribution in [0.4, 0.5) is 0 Å².